The van der Waals surface area contributed by atoms with Crippen LogP contribution in [0.15, 0.2) is 4.52 Å². The Kier molecular flexibility index (Phi) is 4.21. The summed E-state index contributed by atoms with van der Waals surface area (Å²) in [6.45, 7) is 0.748. The van der Waals surface area contributed by atoms with Crippen LogP contribution in [0.3, 0.4) is 0 Å². The van der Waals surface area contributed by atoms with Crippen molar-refractivity contribution in [2.24, 2.45) is 0 Å². The SMILES string of the molecule is COC1(c2noc(C3CNC(=O)CN3)n2)CCCCCC1. The third-order valence-electron chi connectivity index (χ3n) is 4.46. The summed E-state index contributed by atoms with van der Waals surface area (Å²) >= 11 is 0. The van der Waals surface area contributed by atoms with Gasteiger partial charge in [0, 0.05) is 13.7 Å². The molecule has 7 nitrogen and oxygen atoms in total. The number of nitrogens with zero attached hydrogens (tertiary/aromatic N) is 2. The summed E-state index contributed by atoms with van der Waals surface area (Å²) in [6, 6.07) is -0.122. The van der Waals surface area contributed by atoms with Crippen LogP contribution < -0.4 is 10.6 Å². The second-order valence-corrected chi connectivity index (χ2v) is 5.81. The minimum absolute atomic E-state index is 0.0110. The van der Waals surface area contributed by atoms with Crippen LogP contribution in [0.4, 0.5) is 0 Å². The monoisotopic (exact) mass is 294 g/mol. The standard InChI is InChI=1S/C14H22N4O3/c1-20-14(6-4-2-3-5-7-14)13-17-12(21-18-13)10-8-16-11(19)9-15-10/h10,15H,2-9H2,1H3,(H,16,19). The van der Waals surface area contributed by atoms with E-state index < -0.39 is 5.60 Å². The van der Waals surface area contributed by atoms with Crippen LogP contribution in [0.5, 0.6) is 0 Å². The van der Waals surface area contributed by atoms with Crippen molar-refractivity contribution in [3.63, 3.8) is 0 Å². The van der Waals surface area contributed by atoms with Gasteiger partial charge in [-0.2, -0.15) is 4.98 Å². The number of hydrogen-bond donors (Lipinski definition) is 2. The molecule has 2 aliphatic rings. The van der Waals surface area contributed by atoms with E-state index in [1.807, 2.05) is 0 Å². The predicted octanol–water partition coefficient (Wildman–Crippen LogP) is 1.03. The fourth-order valence-corrected chi connectivity index (χ4v) is 3.12. The second-order valence-electron chi connectivity index (χ2n) is 5.81. The van der Waals surface area contributed by atoms with Crippen LogP contribution in [0, 0.1) is 0 Å². The highest BCUT2D eigenvalue weighted by molar-refractivity contribution is 5.78. The summed E-state index contributed by atoms with van der Waals surface area (Å²) in [6.07, 6.45) is 6.55. The molecule has 2 heterocycles. The molecule has 1 aliphatic carbocycles. The molecule has 2 fully saturated rings. The molecule has 2 N–H and O–H groups in total. The van der Waals surface area contributed by atoms with Gasteiger partial charge in [-0.25, -0.2) is 0 Å². The predicted molar refractivity (Wildman–Crippen MR) is 74.4 cm³/mol. The Morgan fingerprint density at radius 1 is 1.29 bits per heavy atom. The van der Waals surface area contributed by atoms with Gasteiger partial charge in [-0.05, 0) is 12.8 Å². The second kappa shape index (κ2) is 6.11. The van der Waals surface area contributed by atoms with Gasteiger partial charge in [0.25, 0.3) is 0 Å². The number of carbonyl (C=O) groups excluding carboxylic acids is 1. The number of hydrogen-bond acceptors (Lipinski definition) is 6. The van der Waals surface area contributed by atoms with E-state index >= 15 is 0 Å². The van der Waals surface area contributed by atoms with Crippen LogP contribution in [0.25, 0.3) is 0 Å². The summed E-state index contributed by atoms with van der Waals surface area (Å²) in [7, 11) is 1.72. The number of ether oxygens (including phenoxy) is 1. The molecule has 1 unspecified atom stereocenters. The number of carbonyl (C=O) groups is 1. The zero-order valence-electron chi connectivity index (χ0n) is 12.4. The molecule has 7 heteroatoms. The molecule has 116 valence electrons. The van der Waals surface area contributed by atoms with Crippen LogP contribution in [0.2, 0.25) is 0 Å². The summed E-state index contributed by atoms with van der Waals surface area (Å²) in [5, 5.41) is 10.0. The lowest BCUT2D eigenvalue weighted by atomic mass is 9.93. The molecule has 21 heavy (non-hydrogen) atoms. The molecule has 0 aromatic carbocycles. The zero-order chi connectivity index (χ0) is 14.7. The van der Waals surface area contributed by atoms with Gasteiger partial charge in [0.2, 0.25) is 17.6 Å². The van der Waals surface area contributed by atoms with Crippen LogP contribution >= 0.6 is 0 Å². The van der Waals surface area contributed by atoms with Gasteiger partial charge in [0.1, 0.15) is 11.6 Å². The fourth-order valence-electron chi connectivity index (χ4n) is 3.12. The number of piperazine rings is 1. The molecular weight excluding hydrogens is 272 g/mol. The van der Waals surface area contributed by atoms with Crippen molar-refractivity contribution in [1.29, 1.82) is 0 Å². The average Bonchev–Trinajstić information content (AvgIpc) is 2.88. The maximum absolute atomic E-state index is 11.2. The van der Waals surface area contributed by atoms with Crippen LogP contribution in [0.1, 0.15) is 56.3 Å². The Balaban J connectivity index is 1.77. The van der Waals surface area contributed by atoms with E-state index in [0.717, 1.165) is 25.7 Å². The first-order valence-electron chi connectivity index (χ1n) is 7.63. The molecule has 1 amide bonds. The molecule has 1 atom stereocenters. The van der Waals surface area contributed by atoms with Crippen molar-refractivity contribution >= 4 is 5.91 Å². The van der Waals surface area contributed by atoms with Gasteiger partial charge in [0.05, 0.1) is 6.54 Å². The van der Waals surface area contributed by atoms with Crippen molar-refractivity contribution in [2.75, 3.05) is 20.2 Å². The van der Waals surface area contributed by atoms with Crippen molar-refractivity contribution in [2.45, 2.75) is 50.2 Å². The van der Waals surface area contributed by atoms with Crippen LogP contribution in [-0.2, 0) is 15.1 Å². The Hall–Kier alpha value is -1.47. The van der Waals surface area contributed by atoms with E-state index in [1.165, 1.54) is 12.8 Å². The zero-order valence-corrected chi connectivity index (χ0v) is 12.4. The summed E-state index contributed by atoms with van der Waals surface area (Å²) < 4.78 is 11.2. The van der Waals surface area contributed by atoms with E-state index in [4.69, 9.17) is 9.26 Å². The van der Waals surface area contributed by atoms with Gasteiger partial charge in [0.15, 0.2) is 0 Å². The van der Waals surface area contributed by atoms with Crippen molar-refractivity contribution < 1.29 is 14.1 Å². The average molecular weight is 294 g/mol. The number of methoxy groups -OCH3 is 1. The van der Waals surface area contributed by atoms with E-state index in [0.29, 0.717) is 18.3 Å². The Bertz CT molecular complexity index is 484. The fraction of sp³-hybridized carbons (Fsp3) is 0.786. The summed E-state index contributed by atoms with van der Waals surface area (Å²) in [4.78, 5) is 15.7. The highest BCUT2D eigenvalue weighted by Gasteiger charge is 2.38. The normalized spacial score (nSPS) is 26.1. The molecule has 1 aromatic rings. The first-order valence-corrected chi connectivity index (χ1v) is 7.63. The number of nitrogens with one attached hydrogen (secondary N) is 2. The lowest BCUT2D eigenvalue weighted by Gasteiger charge is -2.27. The molecule has 0 bridgehead atoms. The van der Waals surface area contributed by atoms with E-state index in [9.17, 15) is 4.79 Å². The lowest BCUT2D eigenvalue weighted by Crippen LogP contribution is -2.47. The third-order valence-corrected chi connectivity index (χ3v) is 4.46. The molecule has 1 saturated heterocycles. The van der Waals surface area contributed by atoms with E-state index in [1.54, 1.807) is 7.11 Å². The highest BCUT2D eigenvalue weighted by atomic mass is 16.5. The topological polar surface area (TPSA) is 89.3 Å². The molecule has 0 radical (unpaired) electrons. The highest BCUT2D eigenvalue weighted by Crippen LogP contribution is 2.37. The van der Waals surface area contributed by atoms with E-state index in [2.05, 4.69) is 20.8 Å². The van der Waals surface area contributed by atoms with Gasteiger partial charge in [-0.3, -0.25) is 10.1 Å². The van der Waals surface area contributed by atoms with Crippen molar-refractivity contribution in [1.82, 2.24) is 20.8 Å². The maximum Gasteiger partial charge on any atom is 0.245 e. The number of rotatable bonds is 3. The largest absolute Gasteiger partial charge is 0.370 e. The van der Waals surface area contributed by atoms with Gasteiger partial charge in [-0.15, -0.1) is 0 Å². The third kappa shape index (κ3) is 2.94. The smallest absolute Gasteiger partial charge is 0.245 e. The maximum atomic E-state index is 11.2. The van der Waals surface area contributed by atoms with Crippen molar-refractivity contribution in [3.8, 4) is 0 Å². The van der Waals surface area contributed by atoms with Gasteiger partial charge in [-0.1, -0.05) is 30.8 Å². The molecule has 1 aliphatic heterocycles. The van der Waals surface area contributed by atoms with Crippen molar-refractivity contribution in [3.05, 3.63) is 11.7 Å². The van der Waals surface area contributed by atoms with Crippen LogP contribution in [-0.4, -0.2) is 36.2 Å². The molecular formula is C14H22N4O3. The minimum Gasteiger partial charge on any atom is -0.370 e. The number of amides is 1. The quantitative estimate of drug-likeness (QED) is 0.809. The molecule has 1 saturated carbocycles. The molecule has 3 rings (SSSR count). The number of aromatic nitrogens is 2. The first-order chi connectivity index (χ1) is 10.2. The Morgan fingerprint density at radius 3 is 2.67 bits per heavy atom. The van der Waals surface area contributed by atoms with Gasteiger partial charge >= 0.3 is 0 Å². The molecule has 1 aromatic heterocycles. The van der Waals surface area contributed by atoms with E-state index in [-0.39, 0.29) is 18.5 Å². The minimum atomic E-state index is -0.420. The summed E-state index contributed by atoms with van der Waals surface area (Å²) in [5.74, 6) is 1.15. The summed E-state index contributed by atoms with van der Waals surface area (Å²) in [5.41, 5.74) is -0.420. The Morgan fingerprint density at radius 2 is 2.05 bits per heavy atom. The molecule has 0 spiro atoms. The van der Waals surface area contributed by atoms with Gasteiger partial charge < -0.3 is 14.6 Å². The lowest BCUT2D eigenvalue weighted by molar-refractivity contribution is -0.121. The Labute approximate surface area is 123 Å². The first kappa shape index (κ1) is 14.5.